The fraction of sp³-hybridized carbons (Fsp3) is 0.429. The Morgan fingerprint density at radius 3 is 3.00 bits per heavy atom. The van der Waals surface area contributed by atoms with Crippen LogP contribution in [-0.2, 0) is 16.1 Å². The third-order valence-electron chi connectivity index (χ3n) is 2.94. The molecule has 0 radical (unpaired) electrons. The van der Waals surface area contributed by atoms with Crippen LogP contribution in [0.1, 0.15) is 12.7 Å². The van der Waals surface area contributed by atoms with Gasteiger partial charge in [-0.25, -0.2) is 4.98 Å². The number of para-hydroxylation sites is 2. The molecule has 0 aliphatic carbocycles. The number of fused-ring (bicyclic) bond motifs is 1. The van der Waals surface area contributed by atoms with Crippen molar-refractivity contribution < 1.29 is 9.53 Å². The van der Waals surface area contributed by atoms with Crippen molar-refractivity contribution >= 4 is 16.9 Å². The number of ether oxygens (including phenoxy) is 1. The molecule has 1 aromatic heterocycles. The number of amides is 1. The first kappa shape index (κ1) is 13.5. The zero-order valence-corrected chi connectivity index (χ0v) is 11.3. The summed E-state index contributed by atoms with van der Waals surface area (Å²) < 4.78 is 7.15. The van der Waals surface area contributed by atoms with Crippen LogP contribution in [0, 0.1) is 6.92 Å². The molecule has 2 rings (SSSR count). The molecule has 0 bridgehead atoms. The number of benzene rings is 1. The fourth-order valence-electron chi connectivity index (χ4n) is 2.03. The van der Waals surface area contributed by atoms with Crippen LogP contribution >= 0.6 is 0 Å². The predicted molar refractivity (Wildman–Crippen MR) is 74.0 cm³/mol. The Morgan fingerprint density at radius 2 is 2.21 bits per heavy atom. The molecule has 5 nitrogen and oxygen atoms in total. The van der Waals surface area contributed by atoms with Gasteiger partial charge in [-0.2, -0.15) is 0 Å². The van der Waals surface area contributed by atoms with Crippen molar-refractivity contribution in [3.05, 3.63) is 30.1 Å². The van der Waals surface area contributed by atoms with E-state index in [1.54, 1.807) is 0 Å². The molecule has 0 aliphatic heterocycles. The smallest absolute Gasteiger partial charge is 0.246 e. The van der Waals surface area contributed by atoms with Crippen molar-refractivity contribution in [2.45, 2.75) is 20.4 Å². The topological polar surface area (TPSA) is 56.1 Å². The van der Waals surface area contributed by atoms with Crippen LogP contribution in [0.4, 0.5) is 0 Å². The van der Waals surface area contributed by atoms with E-state index in [2.05, 4.69) is 14.9 Å². The number of carbonyl (C=O) groups is 1. The van der Waals surface area contributed by atoms with Crippen LogP contribution in [0.3, 0.4) is 0 Å². The van der Waals surface area contributed by atoms with Crippen molar-refractivity contribution in [3.63, 3.8) is 0 Å². The third kappa shape index (κ3) is 3.32. The van der Waals surface area contributed by atoms with Crippen molar-refractivity contribution in [1.82, 2.24) is 14.9 Å². The number of aromatic nitrogens is 2. The summed E-state index contributed by atoms with van der Waals surface area (Å²) >= 11 is 0. The lowest BCUT2D eigenvalue weighted by Gasteiger charge is -2.08. The van der Waals surface area contributed by atoms with Crippen molar-refractivity contribution in [2.24, 2.45) is 0 Å². The second-order valence-corrected chi connectivity index (χ2v) is 4.29. The van der Waals surface area contributed by atoms with Crippen LogP contribution in [0.2, 0.25) is 0 Å². The predicted octanol–water partition coefficient (Wildman–Crippen LogP) is 1.50. The number of hydrogen-bond donors (Lipinski definition) is 1. The van der Waals surface area contributed by atoms with Gasteiger partial charge in [0.15, 0.2) is 0 Å². The van der Waals surface area contributed by atoms with Gasteiger partial charge < -0.3 is 14.6 Å². The minimum atomic E-state index is -0.0797. The van der Waals surface area contributed by atoms with Crippen LogP contribution < -0.4 is 5.32 Å². The van der Waals surface area contributed by atoms with E-state index in [1.807, 2.05) is 38.1 Å². The van der Waals surface area contributed by atoms with E-state index >= 15 is 0 Å². The Labute approximate surface area is 112 Å². The summed E-state index contributed by atoms with van der Waals surface area (Å²) in [4.78, 5) is 15.9. The van der Waals surface area contributed by atoms with E-state index in [9.17, 15) is 4.79 Å². The first-order valence-corrected chi connectivity index (χ1v) is 6.48. The van der Waals surface area contributed by atoms with E-state index < -0.39 is 0 Å². The minimum absolute atomic E-state index is 0.0797. The van der Waals surface area contributed by atoms with Crippen LogP contribution in [0.25, 0.3) is 11.0 Å². The molecule has 0 saturated heterocycles. The molecular formula is C14H19N3O2. The van der Waals surface area contributed by atoms with E-state index in [-0.39, 0.29) is 12.5 Å². The van der Waals surface area contributed by atoms with Crippen molar-refractivity contribution in [2.75, 3.05) is 19.8 Å². The fourth-order valence-corrected chi connectivity index (χ4v) is 2.03. The highest BCUT2D eigenvalue weighted by atomic mass is 16.5. The number of aryl methyl sites for hydroxylation is 1. The highest BCUT2D eigenvalue weighted by Crippen LogP contribution is 2.14. The molecule has 1 aromatic carbocycles. The lowest BCUT2D eigenvalue weighted by Crippen LogP contribution is -2.30. The third-order valence-corrected chi connectivity index (χ3v) is 2.94. The summed E-state index contributed by atoms with van der Waals surface area (Å²) in [5.41, 5.74) is 2.08. The van der Waals surface area contributed by atoms with Crippen molar-refractivity contribution in [3.8, 4) is 0 Å². The van der Waals surface area contributed by atoms with E-state index in [4.69, 9.17) is 4.74 Å². The summed E-state index contributed by atoms with van der Waals surface area (Å²) in [5, 5.41) is 2.84. The van der Waals surface area contributed by atoms with E-state index in [1.165, 1.54) is 0 Å². The highest BCUT2D eigenvalue weighted by molar-refractivity contribution is 5.77. The maximum absolute atomic E-state index is 11.4. The molecule has 1 amide bonds. The standard InChI is InChI=1S/C14H19N3O2/c1-3-19-10-14(18)15-8-9-17-11(2)16-12-6-4-5-7-13(12)17/h4-7H,3,8-10H2,1-2H3,(H,15,18). The summed E-state index contributed by atoms with van der Waals surface area (Å²) in [5.74, 6) is 0.879. The monoisotopic (exact) mass is 261 g/mol. The Morgan fingerprint density at radius 1 is 1.42 bits per heavy atom. The van der Waals surface area contributed by atoms with Gasteiger partial charge in [-0.1, -0.05) is 12.1 Å². The molecule has 1 heterocycles. The highest BCUT2D eigenvalue weighted by Gasteiger charge is 2.06. The van der Waals surface area contributed by atoms with Gasteiger partial charge in [0.1, 0.15) is 12.4 Å². The zero-order chi connectivity index (χ0) is 13.7. The van der Waals surface area contributed by atoms with Crippen molar-refractivity contribution in [1.29, 1.82) is 0 Å². The molecular weight excluding hydrogens is 242 g/mol. The summed E-state index contributed by atoms with van der Waals surface area (Å²) in [6.07, 6.45) is 0. The maximum Gasteiger partial charge on any atom is 0.246 e. The molecule has 0 saturated carbocycles. The molecule has 0 unspecified atom stereocenters. The molecule has 5 heteroatoms. The first-order chi connectivity index (χ1) is 9.22. The quantitative estimate of drug-likeness (QED) is 0.857. The van der Waals surface area contributed by atoms with Gasteiger partial charge in [0.25, 0.3) is 0 Å². The Hall–Kier alpha value is -1.88. The van der Waals surface area contributed by atoms with E-state index in [0.717, 1.165) is 16.9 Å². The lowest BCUT2D eigenvalue weighted by atomic mass is 10.3. The molecule has 0 atom stereocenters. The second-order valence-electron chi connectivity index (χ2n) is 4.29. The largest absolute Gasteiger partial charge is 0.372 e. The SMILES string of the molecule is CCOCC(=O)NCCn1c(C)nc2ccccc21. The molecule has 19 heavy (non-hydrogen) atoms. The summed E-state index contributed by atoms with van der Waals surface area (Å²) in [6.45, 7) is 5.81. The molecule has 0 spiro atoms. The van der Waals surface area contributed by atoms with Gasteiger partial charge in [-0.15, -0.1) is 0 Å². The van der Waals surface area contributed by atoms with Gasteiger partial charge in [0, 0.05) is 19.7 Å². The molecule has 1 N–H and O–H groups in total. The Balaban J connectivity index is 1.94. The van der Waals surface area contributed by atoms with Gasteiger partial charge in [0.2, 0.25) is 5.91 Å². The van der Waals surface area contributed by atoms with Gasteiger partial charge in [-0.05, 0) is 26.0 Å². The summed E-state index contributed by atoms with van der Waals surface area (Å²) in [6, 6.07) is 8.00. The Kier molecular flexibility index (Phi) is 4.52. The average molecular weight is 261 g/mol. The summed E-state index contributed by atoms with van der Waals surface area (Å²) in [7, 11) is 0. The van der Waals surface area contributed by atoms with Gasteiger partial charge >= 0.3 is 0 Å². The maximum atomic E-state index is 11.4. The first-order valence-electron chi connectivity index (χ1n) is 6.48. The molecule has 102 valence electrons. The molecule has 0 aliphatic rings. The number of carbonyl (C=O) groups excluding carboxylic acids is 1. The normalized spacial score (nSPS) is 10.8. The van der Waals surface area contributed by atoms with Crippen LogP contribution in [-0.4, -0.2) is 35.2 Å². The number of imidazole rings is 1. The number of nitrogens with zero attached hydrogens (tertiary/aromatic N) is 2. The number of rotatable bonds is 6. The minimum Gasteiger partial charge on any atom is -0.372 e. The average Bonchev–Trinajstić information content (AvgIpc) is 2.73. The second kappa shape index (κ2) is 6.33. The van der Waals surface area contributed by atoms with Gasteiger partial charge in [-0.3, -0.25) is 4.79 Å². The van der Waals surface area contributed by atoms with Crippen LogP contribution in [0.5, 0.6) is 0 Å². The van der Waals surface area contributed by atoms with E-state index in [0.29, 0.717) is 19.7 Å². The Bertz CT molecular complexity index is 563. The number of nitrogens with one attached hydrogen (secondary N) is 1. The lowest BCUT2D eigenvalue weighted by molar-refractivity contribution is -0.125. The molecule has 0 fully saturated rings. The van der Waals surface area contributed by atoms with Crippen LogP contribution in [0.15, 0.2) is 24.3 Å². The van der Waals surface area contributed by atoms with Gasteiger partial charge in [0.05, 0.1) is 11.0 Å². The zero-order valence-electron chi connectivity index (χ0n) is 11.3. The number of hydrogen-bond acceptors (Lipinski definition) is 3. The molecule has 2 aromatic rings.